The topological polar surface area (TPSA) is 21.3 Å². The van der Waals surface area contributed by atoms with Crippen LogP contribution in [-0.4, -0.2) is 13.2 Å². The Morgan fingerprint density at radius 1 is 1.21 bits per heavy atom. The summed E-state index contributed by atoms with van der Waals surface area (Å²) in [7, 11) is 1.50. The van der Waals surface area contributed by atoms with Crippen LogP contribution in [0.15, 0.2) is 18.2 Å². The second kappa shape index (κ2) is 6.27. The second-order valence-corrected chi connectivity index (χ2v) is 5.85. The third-order valence-electron chi connectivity index (χ3n) is 4.24. The molecule has 0 heterocycles. The minimum atomic E-state index is -0.309. The van der Waals surface area contributed by atoms with Crippen molar-refractivity contribution in [2.75, 3.05) is 12.4 Å². The molecule has 0 aliphatic heterocycles. The van der Waals surface area contributed by atoms with E-state index in [1.807, 2.05) is 0 Å². The molecular weight excluding hydrogens is 241 g/mol. The summed E-state index contributed by atoms with van der Waals surface area (Å²) in [4.78, 5) is 0. The first-order valence-electron chi connectivity index (χ1n) is 7.20. The fourth-order valence-electron chi connectivity index (χ4n) is 2.92. The third kappa shape index (κ3) is 3.62. The van der Waals surface area contributed by atoms with E-state index in [2.05, 4.69) is 19.2 Å². The summed E-state index contributed by atoms with van der Waals surface area (Å²) in [6.07, 6.45) is 4.96. The molecule has 0 aromatic heterocycles. The Labute approximate surface area is 115 Å². The normalized spacial score (nSPS) is 23.4. The number of methoxy groups -OCH3 is 1. The lowest BCUT2D eigenvalue weighted by molar-refractivity contribution is 0.267. The molecule has 0 bridgehead atoms. The van der Waals surface area contributed by atoms with Gasteiger partial charge in [0, 0.05) is 17.8 Å². The summed E-state index contributed by atoms with van der Waals surface area (Å²) in [5, 5.41) is 3.50. The molecule has 19 heavy (non-hydrogen) atoms. The minimum absolute atomic E-state index is 0.306. The monoisotopic (exact) mass is 265 g/mol. The smallest absolute Gasteiger partial charge is 0.165 e. The summed E-state index contributed by atoms with van der Waals surface area (Å²) < 4.78 is 18.3. The molecule has 2 nitrogen and oxygen atoms in total. The van der Waals surface area contributed by atoms with Crippen LogP contribution in [0.5, 0.6) is 5.75 Å². The van der Waals surface area contributed by atoms with Gasteiger partial charge in [-0.05, 0) is 49.7 Å². The maximum atomic E-state index is 13.3. The maximum absolute atomic E-state index is 13.3. The number of hydrogen-bond acceptors (Lipinski definition) is 2. The van der Waals surface area contributed by atoms with Crippen LogP contribution in [0.2, 0.25) is 0 Å². The van der Waals surface area contributed by atoms with Gasteiger partial charge in [-0.1, -0.05) is 13.8 Å². The molecule has 0 unspecified atom stereocenters. The summed E-state index contributed by atoms with van der Waals surface area (Å²) in [6.45, 7) is 4.62. The molecule has 1 aromatic carbocycles. The number of rotatable bonds is 4. The molecule has 0 atom stereocenters. The van der Waals surface area contributed by atoms with Crippen molar-refractivity contribution < 1.29 is 9.13 Å². The predicted octanol–water partition coefficient (Wildman–Crippen LogP) is 4.46. The van der Waals surface area contributed by atoms with Crippen molar-refractivity contribution >= 4 is 5.69 Å². The molecule has 1 saturated carbocycles. The summed E-state index contributed by atoms with van der Waals surface area (Å²) in [6, 6.07) is 5.49. The van der Waals surface area contributed by atoms with Gasteiger partial charge in [-0.15, -0.1) is 0 Å². The maximum Gasteiger partial charge on any atom is 0.165 e. The van der Waals surface area contributed by atoms with E-state index in [0.717, 1.165) is 17.5 Å². The van der Waals surface area contributed by atoms with Crippen LogP contribution in [0.4, 0.5) is 10.1 Å². The van der Waals surface area contributed by atoms with Gasteiger partial charge in [-0.25, -0.2) is 4.39 Å². The first-order valence-corrected chi connectivity index (χ1v) is 7.20. The van der Waals surface area contributed by atoms with Crippen LogP contribution in [0, 0.1) is 17.7 Å². The van der Waals surface area contributed by atoms with E-state index in [1.54, 1.807) is 12.1 Å². The lowest BCUT2D eigenvalue weighted by atomic mass is 9.79. The first kappa shape index (κ1) is 14.2. The summed E-state index contributed by atoms with van der Waals surface area (Å²) in [5.74, 6) is 1.64. The Kier molecular flexibility index (Phi) is 4.67. The Balaban J connectivity index is 1.92. The lowest BCUT2D eigenvalue weighted by Gasteiger charge is -2.31. The predicted molar refractivity (Wildman–Crippen MR) is 77.2 cm³/mol. The van der Waals surface area contributed by atoms with Gasteiger partial charge in [0.1, 0.15) is 0 Å². The zero-order valence-electron chi connectivity index (χ0n) is 12.1. The lowest BCUT2D eigenvalue weighted by Crippen LogP contribution is -2.27. The Morgan fingerprint density at radius 3 is 2.47 bits per heavy atom. The van der Waals surface area contributed by atoms with E-state index in [9.17, 15) is 4.39 Å². The fraction of sp³-hybridized carbons (Fsp3) is 0.625. The van der Waals surface area contributed by atoms with Gasteiger partial charge >= 0.3 is 0 Å². The van der Waals surface area contributed by atoms with E-state index < -0.39 is 0 Å². The SMILES string of the molecule is COc1cc(NC2CCC(C(C)C)CC2)ccc1F. The van der Waals surface area contributed by atoms with Crippen LogP contribution in [-0.2, 0) is 0 Å². The number of nitrogens with one attached hydrogen (secondary N) is 1. The highest BCUT2D eigenvalue weighted by atomic mass is 19.1. The first-order chi connectivity index (χ1) is 9.10. The highest BCUT2D eigenvalue weighted by Gasteiger charge is 2.23. The molecule has 0 amide bonds. The number of halogens is 1. The Morgan fingerprint density at radius 2 is 1.89 bits per heavy atom. The third-order valence-corrected chi connectivity index (χ3v) is 4.24. The van der Waals surface area contributed by atoms with Crippen LogP contribution in [0.1, 0.15) is 39.5 Å². The van der Waals surface area contributed by atoms with E-state index >= 15 is 0 Å². The average molecular weight is 265 g/mol. The fourth-order valence-corrected chi connectivity index (χ4v) is 2.92. The molecule has 1 fully saturated rings. The van der Waals surface area contributed by atoms with Crippen LogP contribution < -0.4 is 10.1 Å². The van der Waals surface area contributed by atoms with Crippen molar-refractivity contribution in [2.24, 2.45) is 11.8 Å². The number of benzene rings is 1. The Bertz CT molecular complexity index is 411. The molecule has 1 aliphatic carbocycles. The van der Waals surface area contributed by atoms with Crippen molar-refractivity contribution in [3.8, 4) is 5.75 Å². The second-order valence-electron chi connectivity index (χ2n) is 5.85. The molecule has 1 aromatic rings. The number of hydrogen-bond donors (Lipinski definition) is 1. The highest BCUT2D eigenvalue weighted by Crippen LogP contribution is 2.32. The van der Waals surface area contributed by atoms with E-state index in [0.29, 0.717) is 11.8 Å². The van der Waals surface area contributed by atoms with Crippen molar-refractivity contribution in [3.05, 3.63) is 24.0 Å². The standard InChI is InChI=1S/C16H24FNO/c1-11(2)12-4-6-13(7-5-12)18-14-8-9-15(17)16(10-14)19-3/h8-13,18H,4-7H2,1-3H3. The zero-order valence-corrected chi connectivity index (χ0v) is 12.1. The molecule has 0 spiro atoms. The number of ether oxygens (including phenoxy) is 1. The molecular formula is C16H24FNO. The summed E-state index contributed by atoms with van der Waals surface area (Å²) in [5.41, 5.74) is 0.950. The van der Waals surface area contributed by atoms with Gasteiger partial charge in [-0.2, -0.15) is 0 Å². The Hall–Kier alpha value is -1.25. The molecule has 1 N–H and O–H groups in total. The molecule has 0 saturated heterocycles. The molecule has 3 heteroatoms. The van der Waals surface area contributed by atoms with Crippen molar-refractivity contribution in [1.82, 2.24) is 0 Å². The van der Waals surface area contributed by atoms with Crippen LogP contribution in [0.25, 0.3) is 0 Å². The van der Waals surface area contributed by atoms with Gasteiger partial charge in [0.05, 0.1) is 7.11 Å². The van der Waals surface area contributed by atoms with E-state index in [-0.39, 0.29) is 5.82 Å². The zero-order chi connectivity index (χ0) is 13.8. The molecule has 0 radical (unpaired) electrons. The van der Waals surface area contributed by atoms with Gasteiger partial charge in [0.15, 0.2) is 11.6 Å². The summed E-state index contributed by atoms with van der Waals surface area (Å²) >= 11 is 0. The highest BCUT2D eigenvalue weighted by molar-refractivity contribution is 5.49. The van der Waals surface area contributed by atoms with Crippen LogP contribution >= 0.6 is 0 Å². The van der Waals surface area contributed by atoms with Gasteiger partial charge in [0.25, 0.3) is 0 Å². The molecule has 2 rings (SSSR count). The minimum Gasteiger partial charge on any atom is -0.494 e. The largest absolute Gasteiger partial charge is 0.494 e. The molecule has 1 aliphatic rings. The van der Waals surface area contributed by atoms with Gasteiger partial charge in [0.2, 0.25) is 0 Å². The molecule has 106 valence electrons. The van der Waals surface area contributed by atoms with Gasteiger partial charge in [-0.3, -0.25) is 0 Å². The van der Waals surface area contributed by atoms with Crippen LogP contribution in [0.3, 0.4) is 0 Å². The average Bonchev–Trinajstić information content (AvgIpc) is 2.41. The van der Waals surface area contributed by atoms with E-state index in [4.69, 9.17) is 4.74 Å². The quantitative estimate of drug-likeness (QED) is 0.867. The van der Waals surface area contributed by atoms with Crippen molar-refractivity contribution in [2.45, 2.75) is 45.6 Å². The van der Waals surface area contributed by atoms with Gasteiger partial charge < -0.3 is 10.1 Å². The number of anilines is 1. The van der Waals surface area contributed by atoms with Crippen molar-refractivity contribution in [3.63, 3.8) is 0 Å². The van der Waals surface area contributed by atoms with E-state index in [1.165, 1.54) is 38.9 Å². The van der Waals surface area contributed by atoms with Crippen molar-refractivity contribution in [1.29, 1.82) is 0 Å².